The third-order valence-corrected chi connectivity index (χ3v) is 2.87. The first kappa shape index (κ1) is 13.3. The number of nitrogens with zero attached hydrogens (tertiary/aromatic N) is 1. The largest absolute Gasteiger partial charge is 0.465 e. The fourth-order valence-electron chi connectivity index (χ4n) is 1.87. The van der Waals surface area contributed by atoms with Gasteiger partial charge in [0.2, 0.25) is 0 Å². The van der Waals surface area contributed by atoms with Crippen molar-refractivity contribution >= 4 is 5.69 Å². The summed E-state index contributed by atoms with van der Waals surface area (Å²) in [6.45, 7) is 3.04. The van der Waals surface area contributed by atoms with Gasteiger partial charge in [-0.15, -0.1) is 0 Å². The van der Waals surface area contributed by atoms with E-state index >= 15 is 0 Å². The smallest absolute Gasteiger partial charge is 0.273 e. The second-order valence-electron chi connectivity index (χ2n) is 4.21. The Labute approximate surface area is 111 Å². The van der Waals surface area contributed by atoms with Crippen LogP contribution in [0.5, 0.6) is 0 Å². The minimum absolute atomic E-state index is 0.142. The molecule has 0 aliphatic heterocycles. The molecule has 0 atom stereocenters. The van der Waals surface area contributed by atoms with Gasteiger partial charge in [0.15, 0.2) is 0 Å². The molecule has 0 bridgehead atoms. The molecule has 1 aromatic carbocycles. The number of rotatable bonds is 6. The fraction of sp³-hybridized carbons (Fsp3) is 0.286. The molecule has 5 nitrogen and oxygen atoms in total. The average molecular weight is 260 g/mol. The first-order chi connectivity index (χ1) is 9.20. The number of para-hydroxylation sites is 1. The summed E-state index contributed by atoms with van der Waals surface area (Å²) < 4.78 is 5.55. The maximum Gasteiger partial charge on any atom is 0.273 e. The molecule has 0 fully saturated rings. The quantitative estimate of drug-likeness (QED) is 0.640. The Kier molecular flexibility index (Phi) is 4.30. The molecule has 0 spiro atoms. The number of nitro groups is 1. The van der Waals surface area contributed by atoms with Crippen molar-refractivity contribution in [1.29, 1.82) is 0 Å². The fourth-order valence-corrected chi connectivity index (χ4v) is 1.87. The molecule has 0 radical (unpaired) electrons. The zero-order chi connectivity index (χ0) is 13.7. The van der Waals surface area contributed by atoms with Gasteiger partial charge in [-0.1, -0.05) is 25.1 Å². The minimum Gasteiger partial charge on any atom is -0.465 e. The van der Waals surface area contributed by atoms with E-state index in [1.807, 2.05) is 19.1 Å². The molecular formula is C14H16N2O3. The van der Waals surface area contributed by atoms with Crippen LogP contribution in [-0.2, 0) is 19.5 Å². The van der Waals surface area contributed by atoms with Crippen LogP contribution >= 0.6 is 0 Å². The van der Waals surface area contributed by atoms with E-state index in [4.69, 9.17) is 4.42 Å². The van der Waals surface area contributed by atoms with Crippen LogP contribution in [0.1, 0.15) is 24.0 Å². The molecular weight excluding hydrogens is 244 g/mol. The highest BCUT2D eigenvalue weighted by atomic mass is 16.6. The lowest BCUT2D eigenvalue weighted by molar-refractivity contribution is -0.385. The van der Waals surface area contributed by atoms with E-state index in [0.717, 1.165) is 17.9 Å². The van der Waals surface area contributed by atoms with Crippen LogP contribution in [0, 0.1) is 10.1 Å². The number of benzene rings is 1. The highest BCUT2D eigenvalue weighted by Gasteiger charge is 2.11. The normalized spacial score (nSPS) is 10.6. The number of hydrogen-bond donors (Lipinski definition) is 1. The molecule has 2 aromatic rings. The van der Waals surface area contributed by atoms with Gasteiger partial charge in [-0.25, -0.2) is 0 Å². The number of aryl methyl sites for hydroxylation is 1. The zero-order valence-corrected chi connectivity index (χ0v) is 10.8. The van der Waals surface area contributed by atoms with Gasteiger partial charge in [0.1, 0.15) is 11.5 Å². The second-order valence-corrected chi connectivity index (χ2v) is 4.21. The minimum atomic E-state index is -0.362. The Balaban J connectivity index is 1.94. The highest BCUT2D eigenvalue weighted by molar-refractivity contribution is 5.39. The first-order valence-corrected chi connectivity index (χ1v) is 6.21. The van der Waals surface area contributed by atoms with Crippen molar-refractivity contribution in [2.45, 2.75) is 26.4 Å². The number of nitro benzene ring substituents is 1. The molecule has 1 heterocycles. The van der Waals surface area contributed by atoms with Crippen molar-refractivity contribution in [2.24, 2.45) is 0 Å². The summed E-state index contributed by atoms with van der Waals surface area (Å²) in [5.74, 6) is 1.79. The first-order valence-electron chi connectivity index (χ1n) is 6.21. The lowest BCUT2D eigenvalue weighted by Crippen LogP contribution is -2.13. The van der Waals surface area contributed by atoms with Gasteiger partial charge in [0.05, 0.1) is 11.5 Å². The summed E-state index contributed by atoms with van der Waals surface area (Å²) in [7, 11) is 0. The molecule has 0 saturated carbocycles. The molecule has 19 heavy (non-hydrogen) atoms. The SMILES string of the molecule is CCc1ccc(CNCc2ccccc2[N+](=O)[O-])o1. The summed E-state index contributed by atoms with van der Waals surface area (Å²) in [5, 5.41) is 14.0. The molecule has 0 aliphatic rings. The summed E-state index contributed by atoms with van der Waals surface area (Å²) in [6, 6.07) is 10.6. The van der Waals surface area contributed by atoms with Gasteiger partial charge in [-0.3, -0.25) is 10.1 Å². The van der Waals surface area contributed by atoms with E-state index in [1.165, 1.54) is 6.07 Å². The predicted molar refractivity (Wildman–Crippen MR) is 71.7 cm³/mol. The van der Waals surface area contributed by atoms with Crippen molar-refractivity contribution < 1.29 is 9.34 Å². The molecule has 1 aromatic heterocycles. The van der Waals surface area contributed by atoms with Crippen LogP contribution < -0.4 is 5.32 Å². The Morgan fingerprint density at radius 1 is 1.16 bits per heavy atom. The third-order valence-electron chi connectivity index (χ3n) is 2.87. The average Bonchev–Trinajstić information content (AvgIpc) is 2.87. The third kappa shape index (κ3) is 3.42. The van der Waals surface area contributed by atoms with E-state index in [2.05, 4.69) is 5.32 Å². The van der Waals surface area contributed by atoms with Gasteiger partial charge >= 0.3 is 0 Å². The second kappa shape index (κ2) is 6.15. The van der Waals surface area contributed by atoms with E-state index in [1.54, 1.807) is 18.2 Å². The Morgan fingerprint density at radius 2 is 1.89 bits per heavy atom. The van der Waals surface area contributed by atoms with E-state index in [-0.39, 0.29) is 10.6 Å². The monoisotopic (exact) mass is 260 g/mol. The van der Waals surface area contributed by atoms with E-state index < -0.39 is 0 Å². The molecule has 0 unspecified atom stereocenters. The zero-order valence-electron chi connectivity index (χ0n) is 10.8. The van der Waals surface area contributed by atoms with Crippen LogP contribution in [0.4, 0.5) is 5.69 Å². The molecule has 2 rings (SSSR count). The van der Waals surface area contributed by atoms with Gasteiger partial charge in [-0.2, -0.15) is 0 Å². The summed E-state index contributed by atoms with van der Waals surface area (Å²) >= 11 is 0. The summed E-state index contributed by atoms with van der Waals surface area (Å²) in [6.07, 6.45) is 0.865. The van der Waals surface area contributed by atoms with E-state index in [9.17, 15) is 10.1 Å². The Hall–Kier alpha value is -2.14. The van der Waals surface area contributed by atoms with Gasteiger partial charge in [0.25, 0.3) is 5.69 Å². The maximum atomic E-state index is 10.9. The summed E-state index contributed by atoms with van der Waals surface area (Å²) in [4.78, 5) is 10.5. The van der Waals surface area contributed by atoms with Crippen LogP contribution in [-0.4, -0.2) is 4.92 Å². The van der Waals surface area contributed by atoms with E-state index in [0.29, 0.717) is 18.7 Å². The number of nitrogens with one attached hydrogen (secondary N) is 1. The Bertz CT molecular complexity index is 563. The molecule has 5 heteroatoms. The number of furan rings is 1. The molecule has 1 N–H and O–H groups in total. The van der Waals surface area contributed by atoms with Crippen molar-refractivity contribution in [2.75, 3.05) is 0 Å². The standard InChI is InChI=1S/C14H16N2O3/c1-2-12-7-8-13(19-12)10-15-9-11-5-3-4-6-14(11)16(17)18/h3-8,15H,2,9-10H2,1H3. The van der Waals surface area contributed by atoms with Gasteiger partial charge in [-0.05, 0) is 12.1 Å². The summed E-state index contributed by atoms with van der Waals surface area (Å²) in [5.41, 5.74) is 0.818. The lowest BCUT2D eigenvalue weighted by Gasteiger charge is -2.04. The van der Waals surface area contributed by atoms with Crippen LogP contribution in [0.3, 0.4) is 0 Å². The topological polar surface area (TPSA) is 68.3 Å². The molecule has 0 amide bonds. The highest BCUT2D eigenvalue weighted by Crippen LogP contribution is 2.17. The number of hydrogen-bond acceptors (Lipinski definition) is 4. The molecule has 0 saturated heterocycles. The van der Waals surface area contributed by atoms with Gasteiger partial charge in [0, 0.05) is 24.6 Å². The van der Waals surface area contributed by atoms with Gasteiger partial charge < -0.3 is 9.73 Å². The van der Waals surface area contributed by atoms with Crippen molar-refractivity contribution in [1.82, 2.24) is 5.32 Å². The molecule has 0 aliphatic carbocycles. The van der Waals surface area contributed by atoms with Crippen molar-refractivity contribution in [3.63, 3.8) is 0 Å². The predicted octanol–water partition coefficient (Wildman–Crippen LogP) is 3.04. The maximum absolute atomic E-state index is 10.9. The Morgan fingerprint density at radius 3 is 2.58 bits per heavy atom. The molecule has 100 valence electrons. The lowest BCUT2D eigenvalue weighted by atomic mass is 10.2. The van der Waals surface area contributed by atoms with Crippen LogP contribution in [0.2, 0.25) is 0 Å². The van der Waals surface area contributed by atoms with Crippen LogP contribution in [0.25, 0.3) is 0 Å². The van der Waals surface area contributed by atoms with Crippen molar-refractivity contribution in [3.05, 3.63) is 63.6 Å². The van der Waals surface area contributed by atoms with Crippen LogP contribution in [0.15, 0.2) is 40.8 Å². The van der Waals surface area contributed by atoms with Crippen molar-refractivity contribution in [3.8, 4) is 0 Å².